The summed E-state index contributed by atoms with van der Waals surface area (Å²) in [6.45, 7) is 3.72. The van der Waals surface area contributed by atoms with Gasteiger partial charge < -0.3 is 10.5 Å². The standard InChI is InChI=1S/C27H28N6O2/c1-2-21-27-19(16-24(34)23-17-29-25-11-3-4-14-32(23)25)8-5-10-22(27)33(31-21)18-20-9-6-12-26(30-20)35-15-7-13-28/h3-6,8-12,14,17H,2,7,13,15-16,18,28H2,1H3. The fraction of sp³-hybridized carbons (Fsp3) is 0.259. The third kappa shape index (κ3) is 4.65. The van der Waals surface area contributed by atoms with Gasteiger partial charge in [0.25, 0.3) is 0 Å². The number of aromatic nitrogens is 5. The lowest BCUT2D eigenvalue weighted by atomic mass is 10.0. The van der Waals surface area contributed by atoms with Gasteiger partial charge in [-0.15, -0.1) is 0 Å². The Labute approximate surface area is 203 Å². The van der Waals surface area contributed by atoms with Crippen molar-refractivity contribution < 1.29 is 9.53 Å². The molecule has 8 heteroatoms. The molecule has 0 spiro atoms. The summed E-state index contributed by atoms with van der Waals surface area (Å²) in [5.74, 6) is 0.609. The Morgan fingerprint density at radius 2 is 1.97 bits per heavy atom. The van der Waals surface area contributed by atoms with E-state index in [1.54, 1.807) is 6.20 Å². The highest BCUT2D eigenvalue weighted by Crippen LogP contribution is 2.26. The molecule has 5 rings (SSSR count). The van der Waals surface area contributed by atoms with Crippen molar-refractivity contribution in [3.8, 4) is 5.88 Å². The molecule has 0 saturated carbocycles. The lowest BCUT2D eigenvalue weighted by Crippen LogP contribution is -2.08. The van der Waals surface area contributed by atoms with Gasteiger partial charge in [0.15, 0.2) is 5.78 Å². The molecule has 0 aliphatic rings. The molecule has 4 heterocycles. The van der Waals surface area contributed by atoms with Crippen molar-refractivity contribution in [3.63, 3.8) is 0 Å². The van der Waals surface area contributed by atoms with E-state index >= 15 is 0 Å². The summed E-state index contributed by atoms with van der Waals surface area (Å²) in [5.41, 5.74) is 10.7. The number of nitrogens with two attached hydrogens (primary N) is 1. The minimum Gasteiger partial charge on any atom is -0.478 e. The number of Topliss-reactive ketones (excluding diaryl/α,β-unsaturated/α-hetero) is 1. The SMILES string of the molecule is CCc1nn(Cc2cccc(OCCCN)n2)c2cccc(CC(=O)c3cnc4ccccn34)c12. The predicted octanol–water partition coefficient (Wildman–Crippen LogP) is 3.84. The predicted molar refractivity (Wildman–Crippen MR) is 135 cm³/mol. The Morgan fingerprint density at radius 1 is 1.09 bits per heavy atom. The first-order valence-electron chi connectivity index (χ1n) is 11.9. The van der Waals surface area contributed by atoms with Crippen molar-refractivity contribution in [1.29, 1.82) is 0 Å². The van der Waals surface area contributed by atoms with Gasteiger partial charge in [0.05, 0.1) is 36.3 Å². The van der Waals surface area contributed by atoms with E-state index in [-0.39, 0.29) is 12.2 Å². The number of fused-ring (bicyclic) bond motifs is 2. The molecule has 2 N–H and O–H groups in total. The Morgan fingerprint density at radius 3 is 2.83 bits per heavy atom. The molecule has 1 aromatic carbocycles. The minimum absolute atomic E-state index is 0.0231. The summed E-state index contributed by atoms with van der Waals surface area (Å²) in [6, 6.07) is 17.5. The van der Waals surface area contributed by atoms with Crippen molar-refractivity contribution >= 4 is 22.3 Å². The van der Waals surface area contributed by atoms with E-state index in [2.05, 4.69) is 16.9 Å². The number of pyridine rings is 2. The Balaban J connectivity index is 1.44. The average molecular weight is 469 g/mol. The number of hydrogen-bond acceptors (Lipinski definition) is 6. The lowest BCUT2D eigenvalue weighted by Gasteiger charge is -2.08. The zero-order valence-electron chi connectivity index (χ0n) is 19.7. The highest BCUT2D eigenvalue weighted by molar-refractivity contribution is 5.99. The van der Waals surface area contributed by atoms with Crippen LogP contribution in [0.5, 0.6) is 5.88 Å². The molecule has 4 aromatic heterocycles. The van der Waals surface area contributed by atoms with Crippen molar-refractivity contribution in [2.75, 3.05) is 13.2 Å². The molecule has 0 aliphatic heterocycles. The molecule has 8 nitrogen and oxygen atoms in total. The van der Waals surface area contributed by atoms with Crippen LogP contribution in [0.3, 0.4) is 0 Å². The van der Waals surface area contributed by atoms with E-state index in [1.165, 1.54) is 0 Å². The van der Waals surface area contributed by atoms with E-state index < -0.39 is 0 Å². The number of benzene rings is 1. The van der Waals surface area contributed by atoms with Gasteiger partial charge in [-0.25, -0.2) is 9.97 Å². The number of rotatable bonds is 10. The maximum Gasteiger partial charge on any atom is 0.213 e. The van der Waals surface area contributed by atoms with Gasteiger partial charge in [-0.3, -0.25) is 13.9 Å². The van der Waals surface area contributed by atoms with Gasteiger partial charge >= 0.3 is 0 Å². The number of nitrogens with zero attached hydrogens (tertiary/aromatic N) is 5. The number of carbonyl (C=O) groups excluding carboxylic acids is 1. The smallest absolute Gasteiger partial charge is 0.213 e. The number of carbonyl (C=O) groups is 1. The maximum atomic E-state index is 13.3. The number of aryl methyl sites for hydroxylation is 1. The molecule has 35 heavy (non-hydrogen) atoms. The van der Waals surface area contributed by atoms with Gasteiger partial charge in [0.2, 0.25) is 5.88 Å². The second-order valence-electron chi connectivity index (χ2n) is 8.40. The summed E-state index contributed by atoms with van der Waals surface area (Å²) < 4.78 is 9.50. The molecule has 0 fully saturated rings. The maximum absolute atomic E-state index is 13.3. The van der Waals surface area contributed by atoms with Crippen LogP contribution in [-0.4, -0.2) is 43.1 Å². The third-order valence-corrected chi connectivity index (χ3v) is 6.02. The number of imidazole rings is 1. The topological polar surface area (TPSA) is 100 Å². The van der Waals surface area contributed by atoms with Crippen LogP contribution in [0.4, 0.5) is 0 Å². The van der Waals surface area contributed by atoms with E-state index in [0.29, 0.717) is 31.3 Å². The van der Waals surface area contributed by atoms with E-state index in [9.17, 15) is 4.79 Å². The Bertz CT molecular complexity index is 1490. The highest BCUT2D eigenvalue weighted by atomic mass is 16.5. The van der Waals surface area contributed by atoms with Crippen molar-refractivity contribution in [2.45, 2.75) is 32.7 Å². The largest absolute Gasteiger partial charge is 0.478 e. The van der Waals surface area contributed by atoms with Crippen LogP contribution >= 0.6 is 0 Å². The first kappa shape index (κ1) is 22.7. The molecular weight excluding hydrogens is 440 g/mol. The van der Waals surface area contributed by atoms with Crippen LogP contribution in [0.2, 0.25) is 0 Å². The Hall–Kier alpha value is -4.04. The molecule has 0 saturated heterocycles. The molecule has 0 radical (unpaired) electrons. The van der Waals surface area contributed by atoms with Gasteiger partial charge in [0.1, 0.15) is 11.3 Å². The van der Waals surface area contributed by atoms with E-state index in [0.717, 1.165) is 46.3 Å². The summed E-state index contributed by atoms with van der Waals surface area (Å²) in [7, 11) is 0. The quantitative estimate of drug-likeness (QED) is 0.247. The monoisotopic (exact) mass is 468 g/mol. The molecule has 178 valence electrons. The molecule has 5 aromatic rings. The van der Waals surface area contributed by atoms with Crippen LogP contribution < -0.4 is 10.5 Å². The van der Waals surface area contributed by atoms with Crippen molar-refractivity contribution in [2.24, 2.45) is 5.73 Å². The van der Waals surface area contributed by atoms with Crippen molar-refractivity contribution in [1.82, 2.24) is 24.1 Å². The third-order valence-electron chi connectivity index (χ3n) is 6.02. The van der Waals surface area contributed by atoms with E-state index in [1.807, 2.05) is 69.9 Å². The normalized spacial score (nSPS) is 11.4. The molecule has 0 atom stereocenters. The summed E-state index contributed by atoms with van der Waals surface area (Å²) in [5, 5.41) is 5.91. The first-order valence-corrected chi connectivity index (χ1v) is 11.9. The molecule has 0 aliphatic carbocycles. The Kier molecular flexibility index (Phi) is 6.54. The molecule has 0 unspecified atom stereocenters. The molecule has 0 bridgehead atoms. The number of ether oxygens (including phenoxy) is 1. The number of hydrogen-bond donors (Lipinski definition) is 1. The van der Waals surface area contributed by atoms with Gasteiger partial charge in [-0.2, -0.15) is 5.10 Å². The zero-order chi connectivity index (χ0) is 24.2. The molecule has 0 amide bonds. The van der Waals surface area contributed by atoms with Gasteiger partial charge in [-0.05, 0) is 49.2 Å². The first-order chi connectivity index (χ1) is 17.2. The van der Waals surface area contributed by atoms with E-state index in [4.69, 9.17) is 15.6 Å². The lowest BCUT2D eigenvalue weighted by molar-refractivity contribution is 0.0987. The van der Waals surface area contributed by atoms with Crippen LogP contribution in [0.25, 0.3) is 16.6 Å². The summed E-state index contributed by atoms with van der Waals surface area (Å²) >= 11 is 0. The fourth-order valence-corrected chi connectivity index (χ4v) is 4.34. The van der Waals surface area contributed by atoms with Crippen molar-refractivity contribution in [3.05, 3.63) is 89.6 Å². The second kappa shape index (κ2) is 10.1. The van der Waals surface area contributed by atoms with Crippen LogP contribution in [0.15, 0.2) is 67.0 Å². The zero-order valence-corrected chi connectivity index (χ0v) is 19.7. The van der Waals surface area contributed by atoms with Gasteiger partial charge in [-0.1, -0.05) is 31.2 Å². The fourth-order valence-electron chi connectivity index (χ4n) is 4.34. The summed E-state index contributed by atoms with van der Waals surface area (Å²) in [4.78, 5) is 22.2. The number of ketones is 1. The average Bonchev–Trinajstić information content (AvgIpc) is 3.47. The van der Waals surface area contributed by atoms with Gasteiger partial charge in [0, 0.05) is 24.1 Å². The molecular formula is C27H28N6O2. The minimum atomic E-state index is 0.0231. The van der Waals surface area contributed by atoms with Crippen LogP contribution in [-0.2, 0) is 19.4 Å². The summed E-state index contributed by atoms with van der Waals surface area (Å²) in [6.07, 6.45) is 5.34. The second-order valence-corrected chi connectivity index (χ2v) is 8.40. The van der Waals surface area contributed by atoms with Crippen LogP contribution in [0, 0.1) is 0 Å². The highest BCUT2D eigenvalue weighted by Gasteiger charge is 2.18. The van der Waals surface area contributed by atoms with Crippen LogP contribution in [0.1, 0.15) is 40.8 Å².